The number of rotatable bonds is 7. The van der Waals surface area contributed by atoms with Gasteiger partial charge in [-0.15, -0.1) is 0 Å². The highest BCUT2D eigenvalue weighted by Gasteiger charge is 2.07. The van der Waals surface area contributed by atoms with E-state index >= 15 is 0 Å². The van der Waals surface area contributed by atoms with Crippen molar-refractivity contribution in [2.45, 2.75) is 20.4 Å². The molecule has 0 aliphatic rings. The smallest absolute Gasteiger partial charge is 0.236 e. The van der Waals surface area contributed by atoms with Gasteiger partial charge in [-0.05, 0) is 30.2 Å². The molecule has 3 N–H and O–H groups in total. The fourth-order valence-electron chi connectivity index (χ4n) is 1.74. The lowest BCUT2D eigenvalue weighted by atomic mass is 10.1. The summed E-state index contributed by atoms with van der Waals surface area (Å²) in [6.07, 6.45) is 0. The van der Waals surface area contributed by atoms with E-state index < -0.39 is 0 Å². The lowest BCUT2D eigenvalue weighted by Gasteiger charge is -2.18. The van der Waals surface area contributed by atoms with E-state index in [0.29, 0.717) is 10.9 Å². The Kier molecular flexibility index (Phi) is 6.12. The SMILES string of the molecule is CC(C)CNCc1ccc(N(C)CC(N)=O)cc1Cl. The molecule has 0 aliphatic carbocycles. The maximum atomic E-state index is 10.9. The van der Waals surface area contributed by atoms with Crippen LogP contribution in [0.15, 0.2) is 18.2 Å². The van der Waals surface area contributed by atoms with E-state index in [4.69, 9.17) is 17.3 Å². The van der Waals surface area contributed by atoms with Gasteiger partial charge in [0, 0.05) is 24.3 Å². The summed E-state index contributed by atoms with van der Waals surface area (Å²) in [6, 6.07) is 5.78. The summed E-state index contributed by atoms with van der Waals surface area (Å²) in [5, 5.41) is 4.05. The molecule has 0 saturated carbocycles. The Bertz CT molecular complexity index is 435. The Balaban J connectivity index is 2.66. The number of primary amides is 1. The third-order valence-corrected chi connectivity index (χ3v) is 3.09. The Morgan fingerprint density at radius 3 is 2.68 bits per heavy atom. The summed E-state index contributed by atoms with van der Waals surface area (Å²) in [4.78, 5) is 12.7. The summed E-state index contributed by atoms with van der Waals surface area (Å²) >= 11 is 6.24. The average Bonchev–Trinajstić information content (AvgIpc) is 2.29. The fourth-order valence-corrected chi connectivity index (χ4v) is 1.98. The molecule has 0 aliphatic heterocycles. The molecule has 1 aromatic carbocycles. The number of nitrogens with zero attached hydrogens (tertiary/aromatic N) is 1. The van der Waals surface area contributed by atoms with Crippen molar-refractivity contribution in [3.05, 3.63) is 28.8 Å². The van der Waals surface area contributed by atoms with Crippen LogP contribution in [0.3, 0.4) is 0 Å². The Labute approximate surface area is 119 Å². The first-order chi connectivity index (χ1) is 8.90. The highest BCUT2D eigenvalue weighted by molar-refractivity contribution is 6.31. The van der Waals surface area contributed by atoms with E-state index in [0.717, 1.165) is 24.3 Å². The second-order valence-electron chi connectivity index (χ2n) is 5.12. The molecule has 0 saturated heterocycles. The minimum Gasteiger partial charge on any atom is -0.368 e. The lowest BCUT2D eigenvalue weighted by molar-refractivity contribution is -0.116. The number of nitrogens with two attached hydrogens (primary N) is 1. The molecule has 0 heterocycles. The van der Waals surface area contributed by atoms with Crippen molar-refractivity contribution in [3.8, 4) is 0 Å². The average molecular weight is 284 g/mol. The van der Waals surface area contributed by atoms with Crippen LogP contribution in [0, 0.1) is 5.92 Å². The molecular formula is C14H22ClN3O. The van der Waals surface area contributed by atoms with Crippen molar-refractivity contribution in [2.24, 2.45) is 11.7 Å². The second kappa shape index (κ2) is 7.36. The van der Waals surface area contributed by atoms with Crippen molar-refractivity contribution in [1.82, 2.24) is 5.32 Å². The van der Waals surface area contributed by atoms with Crippen LogP contribution in [0.1, 0.15) is 19.4 Å². The number of carbonyl (C=O) groups excluding carboxylic acids is 1. The summed E-state index contributed by atoms with van der Waals surface area (Å²) in [5.74, 6) is 0.251. The maximum Gasteiger partial charge on any atom is 0.236 e. The van der Waals surface area contributed by atoms with Gasteiger partial charge in [0.15, 0.2) is 0 Å². The number of nitrogens with one attached hydrogen (secondary N) is 1. The first-order valence-electron chi connectivity index (χ1n) is 6.38. The van der Waals surface area contributed by atoms with Gasteiger partial charge in [0.25, 0.3) is 0 Å². The first-order valence-corrected chi connectivity index (χ1v) is 6.76. The van der Waals surface area contributed by atoms with Gasteiger partial charge in [-0.3, -0.25) is 4.79 Å². The van der Waals surface area contributed by atoms with Gasteiger partial charge < -0.3 is 16.0 Å². The third kappa shape index (κ3) is 5.49. The quantitative estimate of drug-likeness (QED) is 0.805. The number of halogens is 1. The Morgan fingerprint density at radius 1 is 1.47 bits per heavy atom. The minimum absolute atomic E-state index is 0.182. The van der Waals surface area contributed by atoms with Crippen molar-refractivity contribution in [3.63, 3.8) is 0 Å². The van der Waals surface area contributed by atoms with Gasteiger partial charge in [-0.2, -0.15) is 0 Å². The van der Waals surface area contributed by atoms with Crippen LogP contribution in [0.5, 0.6) is 0 Å². The topological polar surface area (TPSA) is 58.4 Å². The summed E-state index contributed by atoms with van der Waals surface area (Å²) in [6.45, 7) is 6.21. The van der Waals surface area contributed by atoms with Crippen LogP contribution in [0.4, 0.5) is 5.69 Å². The summed E-state index contributed by atoms with van der Waals surface area (Å²) < 4.78 is 0. The molecule has 4 nitrogen and oxygen atoms in total. The number of benzene rings is 1. The number of hydrogen-bond donors (Lipinski definition) is 2. The molecule has 19 heavy (non-hydrogen) atoms. The van der Waals surface area contributed by atoms with Crippen LogP contribution in [0.2, 0.25) is 5.02 Å². The van der Waals surface area contributed by atoms with E-state index in [1.165, 1.54) is 0 Å². The van der Waals surface area contributed by atoms with Gasteiger partial charge in [0.2, 0.25) is 5.91 Å². The molecule has 1 amide bonds. The minimum atomic E-state index is -0.360. The standard InChI is InChI=1S/C14H22ClN3O/c1-10(2)7-17-8-11-4-5-12(6-13(11)15)18(3)9-14(16)19/h4-6,10,17H,7-9H2,1-3H3,(H2,16,19). The molecule has 0 fully saturated rings. The largest absolute Gasteiger partial charge is 0.368 e. The van der Waals surface area contributed by atoms with Gasteiger partial charge in [0.05, 0.1) is 6.54 Å². The van der Waals surface area contributed by atoms with Gasteiger partial charge in [0.1, 0.15) is 0 Å². The molecule has 106 valence electrons. The second-order valence-corrected chi connectivity index (χ2v) is 5.53. The molecule has 1 aromatic rings. The third-order valence-electron chi connectivity index (χ3n) is 2.74. The van der Waals surface area contributed by atoms with Crippen molar-refractivity contribution in [1.29, 1.82) is 0 Å². The van der Waals surface area contributed by atoms with Crippen LogP contribution in [-0.2, 0) is 11.3 Å². The van der Waals surface area contributed by atoms with Crippen molar-refractivity contribution in [2.75, 3.05) is 25.0 Å². The Hall–Kier alpha value is -1.26. The van der Waals surface area contributed by atoms with Crippen LogP contribution in [-0.4, -0.2) is 26.0 Å². The monoisotopic (exact) mass is 283 g/mol. The van der Waals surface area contributed by atoms with Crippen molar-refractivity contribution < 1.29 is 4.79 Å². The van der Waals surface area contributed by atoms with Crippen LogP contribution < -0.4 is 16.0 Å². The number of amides is 1. The van der Waals surface area contributed by atoms with E-state index in [9.17, 15) is 4.79 Å². The van der Waals surface area contributed by atoms with E-state index in [1.54, 1.807) is 4.90 Å². The molecule has 0 unspecified atom stereocenters. The van der Waals surface area contributed by atoms with Crippen molar-refractivity contribution >= 4 is 23.2 Å². The van der Waals surface area contributed by atoms with Gasteiger partial charge >= 0.3 is 0 Å². The van der Waals surface area contributed by atoms with Crippen LogP contribution >= 0.6 is 11.6 Å². The lowest BCUT2D eigenvalue weighted by Crippen LogP contribution is -2.30. The Morgan fingerprint density at radius 2 is 2.16 bits per heavy atom. The normalized spacial score (nSPS) is 10.8. The maximum absolute atomic E-state index is 10.9. The molecule has 0 bridgehead atoms. The molecular weight excluding hydrogens is 262 g/mol. The number of carbonyl (C=O) groups is 1. The predicted octanol–water partition coefficient (Wildman–Crippen LogP) is 2.01. The summed E-state index contributed by atoms with van der Waals surface area (Å²) in [7, 11) is 1.81. The highest BCUT2D eigenvalue weighted by Crippen LogP contribution is 2.23. The molecule has 5 heteroatoms. The zero-order valence-corrected chi connectivity index (χ0v) is 12.5. The molecule has 0 spiro atoms. The molecule has 0 aromatic heterocycles. The van der Waals surface area contributed by atoms with E-state index in [-0.39, 0.29) is 12.5 Å². The highest BCUT2D eigenvalue weighted by atomic mass is 35.5. The molecule has 0 atom stereocenters. The molecule has 1 rings (SSSR count). The summed E-state index contributed by atoms with van der Waals surface area (Å²) in [5.41, 5.74) is 7.11. The zero-order chi connectivity index (χ0) is 14.4. The fraction of sp³-hybridized carbons (Fsp3) is 0.500. The predicted molar refractivity (Wildman–Crippen MR) is 80.5 cm³/mol. The van der Waals surface area contributed by atoms with Gasteiger partial charge in [-0.1, -0.05) is 31.5 Å². The van der Waals surface area contributed by atoms with Gasteiger partial charge in [-0.25, -0.2) is 0 Å². The van der Waals surface area contributed by atoms with E-state index in [2.05, 4.69) is 19.2 Å². The van der Waals surface area contributed by atoms with Crippen LogP contribution in [0.25, 0.3) is 0 Å². The first kappa shape index (κ1) is 15.8. The molecule has 0 radical (unpaired) electrons. The number of anilines is 1. The van der Waals surface area contributed by atoms with E-state index in [1.807, 2.05) is 25.2 Å². The zero-order valence-electron chi connectivity index (χ0n) is 11.7. The number of likely N-dealkylation sites (N-methyl/N-ethyl adjacent to an activating group) is 1. The number of hydrogen-bond acceptors (Lipinski definition) is 3.